The van der Waals surface area contributed by atoms with Gasteiger partial charge in [0.05, 0.1) is 24.8 Å². The summed E-state index contributed by atoms with van der Waals surface area (Å²) < 4.78 is 6.45. The van der Waals surface area contributed by atoms with E-state index in [1.807, 2.05) is 11.0 Å². The Morgan fingerprint density at radius 1 is 1.43 bits per heavy atom. The van der Waals surface area contributed by atoms with Crippen molar-refractivity contribution in [1.82, 2.24) is 19.5 Å². The number of piperidine rings is 1. The Labute approximate surface area is 134 Å². The minimum atomic E-state index is -0.133. The largest absolute Gasteiger partial charge is 0.384 e. The van der Waals surface area contributed by atoms with Gasteiger partial charge >= 0.3 is 0 Å². The number of H-pyrrole nitrogens is 1. The number of methoxy groups -OCH3 is 1. The number of amides is 1. The van der Waals surface area contributed by atoms with Gasteiger partial charge in [0.25, 0.3) is 5.56 Å². The summed E-state index contributed by atoms with van der Waals surface area (Å²) in [4.78, 5) is 30.7. The highest BCUT2D eigenvalue weighted by atomic mass is 16.5. The van der Waals surface area contributed by atoms with Crippen LogP contribution < -0.4 is 5.56 Å². The van der Waals surface area contributed by atoms with Crippen LogP contribution in [0.15, 0.2) is 16.9 Å². The summed E-state index contributed by atoms with van der Waals surface area (Å²) in [7, 11) is 1.60. The molecule has 0 bridgehead atoms. The summed E-state index contributed by atoms with van der Waals surface area (Å²) in [5.74, 6) is 0.0895. The number of aromatic amines is 1. The number of likely N-dealkylation sites (tertiary alicyclic amines) is 1. The molecule has 23 heavy (non-hydrogen) atoms. The number of ether oxygens (including phenoxy) is 1. The van der Waals surface area contributed by atoms with Gasteiger partial charge in [-0.1, -0.05) is 0 Å². The summed E-state index contributed by atoms with van der Waals surface area (Å²) in [6.45, 7) is 2.97. The summed E-state index contributed by atoms with van der Waals surface area (Å²) in [6.07, 6.45) is 3.34. The molecule has 7 nitrogen and oxygen atoms in total. The van der Waals surface area contributed by atoms with Gasteiger partial charge in [-0.25, -0.2) is 9.50 Å². The van der Waals surface area contributed by atoms with Gasteiger partial charge in [0.1, 0.15) is 0 Å². The Balaban J connectivity index is 1.93. The molecule has 0 aromatic carbocycles. The molecule has 1 aliphatic rings. The van der Waals surface area contributed by atoms with Crippen LogP contribution in [-0.4, -0.2) is 45.7 Å². The van der Waals surface area contributed by atoms with Crippen molar-refractivity contribution in [3.63, 3.8) is 0 Å². The predicted octanol–water partition coefficient (Wildman–Crippen LogP) is 1.42. The number of aryl methyl sites for hydroxylation is 1. The van der Waals surface area contributed by atoms with Crippen LogP contribution in [0.3, 0.4) is 0 Å². The SMILES string of the molecule is COCCC(=O)N1CCCC[C@@H]1c1cc2nc(C)cc(=O)n2[nH]1. The highest BCUT2D eigenvalue weighted by molar-refractivity contribution is 5.77. The molecule has 0 radical (unpaired) electrons. The molecule has 0 spiro atoms. The molecular weight excluding hydrogens is 296 g/mol. The van der Waals surface area contributed by atoms with E-state index >= 15 is 0 Å². The molecule has 0 unspecified atom stereocenters. The highest BCUT2D eigenvalue weighted by Crippen LogP contribution is 2.30. The van der Waals surface area contributed by atoms with Crippen LogP contribution in [0.1, 0.15) is 43.1 Å². The van der Waals surface area contributed by atoms with Gasteiger partial charge in [-0.3, -0.25) is 14.7 Å². The molecule has 2 aromatic heterocycles. The summed E-state index contributed by atoms with van der Waals surface area (Å²) >= 11 is 0. The van der Waals surface area contributed by atoms with Gasteiger partial charge in [0.2, 0.25) is 5.91 Å². The second-order valence-electron chi connectivity index (χ2n) is 5.98. The van der Waals surface area contributed by atoms with Crippen molar-refractivity contribution in [3.8, 4) is 0 Å². The molecule has 7 heteroatoms. The van der Waals surface area contributed by atoms with Crippen molar-refractivity contribution >= 4 is 11.6 Å². The van der Waals surface area contributed by atoms with E-state index in [0.29, 0.717) is 24.4 Å². The Kier molecular flexibility index (Phi) is 4.47. The topological polar surface area (TPSA) is 79.7 Å². The fourth-order valence-corrected chi connectivity index (χ4v) is 3.19. The van der Waals surface area contributed by atoms with Crippen molar-refractivity contribution in [2.45, 2.75) is 38.6 Å². The third kappa shape index (κ3) is 3.14. The van der Waals surface area contributed by atoms with E-state index in [4.69, 9.17) is 4.74 Å². The zero-order valence-corrected chi connectivity index (χ0v) is 13.5. The number of nitrogens with zero attached hydrogens (tertiary/aromatic N) is 3. The summed E-state index contributed by atoms with van der Waals surface area (Å²) in [5, 5.41) is 3.12. The van der Waals surface area contributed by atoms with Gasteiger partial charge in [-0.2, -0.15) is 0 Å². The fourth-order valence-electron chi connectivity index (χ4n) is 3.19. The van der Waals surface area contributed by atoms with Crippen LogP contribution in [0, 0.1) is 6.92 Å². The molecule has 3 rings (SSSR count). The Morgan fingerprint density at radius 2 is 2.26 bits per heavy atom. The van der Waals surface area contributed by atoms with E-state index in [-0.39, 0.29) is 17.5 Å². The maximum Gasteiger partial charge on any atom is 0.272 e. The number of nitrogens with one attached hydrogen (secondary N) is 1. The van der Waals surface area contributed by atoms with Crippen molar-refractivity contribution in [3.05, 3.63) is 33.9 Å². The van der Waals surface area contributed by atoms with Gasteiger partial charge in [0.15, 0.2) is 5.65 Å². The number of fused-ring (bicyclic) bond motifs is 1. The quantitative estimate of drug-likeness (QED) is 0.924. The molecule has 1 atom stereocenters. The zero-order chi connectivity index (χ0) is 16.4. The summed E-state index contributed by atoms with van der Waals surface area (Å²) in [5.41, 5.74) is 2.02. The first-order valence-corrected chi connectivity index (χ1v) is 7.98. The number of rotatable bonds is 4. The third-order valence-corrected chi connectivity index (χ3v) is 4.30. The number of carbonyl (C=O) groups excluding carboxylic acids is 1. The normalized spacial score (nSPS) is 18.5. The van der Waals surface area contributed by atoms with Crippen LogP contribution in [-0.2, 0) is 9.53 Å². The molecule has 0 saturated carbocycles. The van der Waals surface area contributed by atoms with Gasteiger partial charge in [-0.15, -0.1) is 0 Å². The van der Waals surface area contributed by atoms with E-state index < -0.39 is 0 Å². The molecule has 1 saturated heterocycles. The molecule has 1 aliphatic heterocycles. The maximum absolute atomic E-state index is 12.4. The van der Waals surface area contributed by atoms with Gasteiger partial charge in [-0.05, 0) is 26.2 Å². The molecule has 0 aliphatic carbocycles. The predicted molar refractivity (Wildman–Crippen MR) is 85.3 cm³/mol. The minimum absolute atomic E-state index is 0.0329. The molecule has 1 N–H and O–H groups in total. The number of hydrogen-bond donors (Lipinski definition) is 1. The smallest absolute Gasteiger partial charge is 0.272 e. The van der Waals surface area contributed by atoms with Crippen LogP contribution in [0.4, 0.5) is 0 Å². The average molecular weight is 318 g/mol. The lowest BCUT2D eigenvalue weighted by Crippen LogP contribution is -2.39. The Morgan fingerprint density at radius 3 is 3.04 bits per heavy atom. The fraction of sp³-hybridized carbons (Fsp3) is 0.562. The lowest BCUT2D eigenvalue weighted by Gasteiger charge is -2.35. The van der Waals surface area contributed by atoms with E-state index in [1.165, 1.54) is 10.6 Å². The van der Waals surface area contributed by atoms with Crippen molar-refractivity contribution in [2.24, 2.45) is 0 Å². The van der Waals surface area contributed by atoms with E-state index in [0.717, 1.165) is 31.5 Å². The second kappa shape index (κ2) is 6.54. The average Bonchev–Trinajstić information content (AvgIpc) is 2.96. The first-order chi connectivity index (χ1) is 11.1. The monoisotopic (exact) mass is 318 g/mol. The summed E-state index contributed by atoms with van der Waals surface area (Å²) in [6, 6.07) is 3.34. The minimum Gasteiger partial charge on any atom is -0.384 e. The third-order valence-electron chi connectivity index (χ3n) is 4.30. The standard InChI is InChI=1S/C16H22N4O3/c1-11-9-16(22)20-14(17-11)10-12(18-20)13-5-3-4-7-19(13)15(21)6-8-23-2/h9-10,13,18H,3-8H2,1-2H3/t13-/m1/s1. The van der Waals surface area contributed by atoms with Gasteiger partial charge < -0.3 is 9.64 Å². The Bertz CT molecular complexity index is 764. The maximum atomic E-state index is 12.4. The molecule has 124 valence electrons. The highest BCUT2D eigenvalue weighted by Gasteiger charge is 2.29. The van der Waals surface area contributed by atoms with Crippen LogP contribution in [0.25, 0.3) is 5.65 Å². The number of carbonyl (C=O) groups is 1. The second-order valence-corrected chi connectivity index (χ2v) is 5.98. The number of hydrogen-bond acceptors (Lipinski definition) is 4. The molecule has 1 amide bonds. The first kappa shape index (κ1) is 15.7. The molecule has 3 heterocycles. The molecular formula is C16H22N4O3. The lowest BCUT2D eigenvalue weighted by atomic mass is 9.99. The Hall–Kier alpha value is -2.15. The van der Waals surface area contributed by atoms with Crippen LogP contribution in [0.5, 0.6) is 0 Å². The molecule has 2 aromatic rings. The van der Waals surface area contributed by atoms with Crippen molar-refractivity contribution in [1.29, 1.82) is 0 Å². The van der Waals surface area contributed by atoms with Crippen LogP contribution in [0.2, 0.25) is 0 Å². The van der Waals surface area contributed by atoms with Crippen molar-refractivity contribution < 1.29 is 9.53 Å². The van der Waals surface area contributed by atoms with E-state index in [2.05, 4.69) is 10.1 Å². The van der Waals surface area contributed by atoms with Crippen molar-refractivity contribution in [2.75, 3.05) is 20.3 Å². The lowest BCUT2D eigenvalue weighted by molar-refractivity contribution is -0.136. The zero-order valence-electron chi connectivity index (χ0n) is 13.5. The first-order valence-electron chi connectivity index (χ1n) is 7.98. The van der Waals surface area contributed by atoms with E-state index in [1.54, 1.807) is 14.0 Å². The van der Waals surface area contributed by atoms with Gasteiger partial charge in [0, 0.05) is 31.5 Å². The van der Waals surface area contributed by atoms with E-state index in [9.17, 15) is 9.59 Å². The number of aromatic nitrogens is 3. The molecule has 1 fully saturated rings. The van der Waals surface area contributed by atoms with Crippen LogP contribution >= 0.6 is 0 Å².